The maximum atomic E-state index is 13.1. The van der Waals surface area contributed by atoms with Crippen LogP contribution < -0.4 is 0 Å². The van der Waals surface area contributed by atoms with Crippen LogP contribution in [0.4, 0.5) is 0 Å². The Bertz CT molecular complexity index is 2420. The number of terminal acetylenes is 1. The lowest BCUT2D eigenvalue weighted by molar-refractivity contribution is -0.148. The molecule has 394 valence electrons. The molecule has 0 spiro atoms. The molecule has 0 aliphatic carbocycles. The number of amides is 3. The molecule has 0 unspecified atom stereocenters. The summed E-state index contributed by atoms with van der Waals surface area (Å²) in [4.78, 5) is 102. The minimum Gasteiger partial charge on any atom is -0.469 e. The summed E-state index contributed by atoms with van der Waals surface area (Å²) in [7, 11) is 2.59. The fourth-order valence-electron chi connectivity index (χ4n) is 9.08. The topological polar surface area (TPSA) is 226 Å². The molecule has 3 aromatic heterocycles. The number of likely N-dealkylation sites (tertiary alicyclic amines) is 3. The fourth-order valence-corrected chi connectivity index (χ4v) is 10.0. The highest BCUT2D eigenvalue weighted by molar-refractivity contribution is 14.1. The van der Waals surface area contributed by atoms with Gasteiger partial charge in [-0.1, -0.05) is 73.0 Å². The van der Waals surface area contributed by atoms with E-state index in [2.05, 4.69) is 89.5 Å². The van der Waals surface area contributed by atoms with Crippen LogP contribution in [-0.4, -0.2) is 129 Å². The lowest BCUT2D eigenvalue weighted by atomic mass is 9.91. The second-order valence-corrected chi connectivity index (χ2v) is 26.5. The molecule has 6 rings (SSSR count). The van der Waals surface area contributed by atoms with Gasteiger partial charge in [0.05, 0.1) is 98.8 Å². The number of nitrogens with one attached hydrogen (secondary N) is 3. The molecule has 3 saturated heterocycles. The number of carbonyl (C=O) groups excluding carboxylic acids is 6. The third-order valence-electron chi connectivity index (χ3n) is 13.2. The number of H-pyrrole nitrogens is 3. The molecule has 3 fully saturated rings. The number of rotatable bonds is 15. The average Bonchev–Trinajstić information content (AvgIpc) is 4.21. The summed E-state index contributed by atoms with van der Waals surface area (Å²) in [6.07, 6.45) is 16.2. The Kier molecular flexibility index (Phi) is 22.6. The molecule has 3 aliphatic heterocycles. The molecule has 0 bridgehead atoms. The molecule has 20 heteroatoms. The predicted molar refractivity (Wildman–Crippen MR) is 283 cm³/mol. The Labute approximate surface area is 440 Å². The third kappa shape index (κ3) is 16.5. The smallest absolute Gasteiger partial charge is 0.306 e. The van der Waals surface area contributed by atoms with E-state index < -0.39 is 8.07 Å². The number of carbonyl (C=O) groups is 6. The Morgan fingerprint density at radius 3 is 1.24 bits per heavy atom. The van der Waals surface area contributed by atoms with Crippen LogP contribution in [0.5, 0.6) is 0 Å². The first-order valence-corrected chi connectivity index (χ1v) is 29.5. The van der Waals surface area contributed by atoms with E-state index in [4.69, 9.17) is 20.6 Å². The van der Waals surface area contributed by atoms with Crippen molar-refractivity contribution < 1.29 is 43.0 Å². The molecule has 3 aliphatic rings. The molecule has 6 atom stereocenters. The van der Waals surface area contributed by atoms with Gasteiger partial charge in [-0.2, -0.15) is 0 Å². The molecule has 3 N–H and O–H groups in total. The van der Waals surface area contributed by atoms with E-state index in [9.17, 15) is 28.8 Å². The van der Waals surface area contributed by atoms with Gasteiger partial charge in [-0.15, -0.1) is 12.0 Å². The van der Waals surface area contributed by atoms with E-state index in [-0.39, 0.29) is 109 Å². The van der Waals surface area contributed by atoms with Gasteiger partial charge >= 0.3 is 17.9 Å². The van der Waals surface area contributed by atoms with Gasteiger partial charge in [0.25, 0.3) is 0 Å². The molecule has 3 aromatic rings. The normalized spacial score (nSPS) is 18.8. The van der Waals surface area contributed by atoms with E-state index in [0.717, 1.165) is 59.6 Å². The first-order chi connectivity index (χ1) is 34.0. The number of halogens is 1. The van der Waals surface area contributed by atoms with E-state index in [0.29, 0.717) is 31.2 Å². The second kappa shape index (κ2) is 27.5. The fraction of sp³-hybridized carbons (Fsp3) is 0.635. The summed E-state index contributed by atoms with van der Waals surface area (Å²) in [5.41, 5.74) is 4.72. The van der Waals surface area contributed by atoms with Crippen molar-refractivity contribution in [3.8, 4) is 23.8 Å². The third-order valence-corrected chi connectivity index (χ3v) is 14.7. The van der Waals surface area contributed by atoms with E-state index in [1.54, 1.807) is 18.6 Å². The SMILES string of the molecule is C#Cc1cnc([C@@H]2CCCN2C(=O)[C@@H](CC(=O)OC)C(C)C)[nH]1.COC(=O)C[C@H](C(=O)N1CCC[C@H]1c1ncc(C#C[Si](C)(C)C)[nH]1)C(C)C.COC(=O)C[C@H](C(=O)N1CCC[C@H]1c1ncc(I)[nH]1)C(C)C. The van der Waals surface area contributed by atoms with Crippen LogP contribution in [-0.2, 0) is 43.0 Å². The molecule has 0 saturated carbocycles. The molecule has 18 nitrogen and oxygen atoms in total. The van der Waals surface area contributed by atoms with Crippen LogP contribution in [0.1, 0.15) is 146 Å². The molecular formula is C52H76IN9O9Si. The number of esters is 3. The second-order valence-electron chi connectivity index (χ2n) is 20.6. The van der Waals surface area contributed by atoms with Gasteiger partial charge in [-0.3, -0.25) is 28.8 Å². The lowest BCUT2D eigenvalue weighted by Gasteiger charge is -2.29. The number of hydrogen-bond donors (Lipinski definition) is 3. The summed E-state index contributed by atoms with van der Waals surface area (Å²) in [6, 6.07) is -0.211. The van der Waals surface area contributed by atoms with Gasteiger partial charge in [-0.25, -0.2) is 15.0 Å². The van der Waals surface area contributed by atoms with Crippen LogP contribution in [0.2, 0.25) is 19.6 Å². The number of aromatic amines is 3. The average molecular weight is 1130 g/mol. The van der Waals surface area contributed by atoms with Gasteiger partial charge < -0.3 is 43.9 Å². The van der Waals surface area contributed by atoms with Gasteiger partial charge in [0.2, 0.25) is 17.7 Å². The Morgan fingerprint density at radius 1 is 0.611 bits per heavy atom. The Morgan fingerprint density at radius 2 is 0.944 bits per heavy atom. The van der Waals surface area contributed by atoms with Crippen LogP contribution in [0.3, 0.4) is 0 Å². The Hall–Kier alpha value is -5.48. The quantitative estimate of drug-likeness (QED) is 0.0441. The van der Waals surface area contributed by atoms with Crippen molar-refractivity contribution in [2.45, 2.75) is 137 Å². The van der Waals surface area contributed by atoms with Crippen molar-refractivity contribution in [3.05, 3.63) is 51.2 Å². The first-order valence-electron chi connectivity index (χ1n) is 25.0. The van der Waals surface area contributed by atoms with Crippen LogP contribution in [0.25, 0.3) is 0 Å². The summed E-state index contributed by atoms with van der Waals surface area (Å²) in [5.74, 6) is 6.06. The molecular weight excluding hydrogens is 1050 g/mol. The monoisotopic (exact) mass is 1130 g/mol. The predicted octanol–water partition coefficient (Wildman–Crippen LogP) is 7.54. The van der Waals surface area contributed by atoms with E-state index in [1.165, 1.54) is 21.3 Å². The number of imidazole rings is 3. The summed E-state index contributed by atoms with van der Waals surface area (Å²) >= 11 is 2.17. The van der Waals surface area contributed by atoms with Crippen molar-refractivity contribution in [1.82, 2.24) is 44.6 Å². The van der Waals surface area contributed by atoms with Crippen molar-refractivity contribution in [2.75, 3.05) is 41.0 Å². The first kappa shape index (κ1) is 59.1. The molecule has 0 radical (unpaired) electrons. The summed E-state index contributed by atoms with van der Waals surface area (Å²) in [6.45, 7) is 20.4. The number of ether oxygens (including phenoxy) is 3. The minimum atomic E-state index is -1.46. The summed E-state index contributed by atoms with van der Waals surface area (Å²) in [5, 5.41) is 0. The van der Waals surface area contributed by atoms with E-state index in [1.807, 2.05) is 56.2 Å². The lowest BCUT2D eigenvalue weighted by Crippen LogP contribution is -2.39. The largest absolute Gasteiger partial charge is 0.469 e. The van der Waals surface area contributed by atoms with Gasteiger partial charge in [0.1, 0.15) is 36.9 Å². The van der Waals surface area contributed by atoms with Crippen molar-refractivity contribution >= 4 is 66.3 Å². The molecule has 72 heavy (non-hydrogen) atoms. The standard InChI is InChI=1S/C20H31N3O3Si.C17H23N3O3.C15H22IN3O3/c1-14(2)16(12-18(24)26-3)20(25)23-10-7-8-17(23)19-21-13-15(22-19)9-11-27(4,5)6;1-5-12-10-18-16(19-12)14-7-6-8-20(14)17(22)13(11(2)3)9-15(21)23-4;1-9(2)10(7-13(20)22-3)15(21)19-6-4-5-11(19)14-17-8-12(16)18-14/h13-14,16-17H,7-8,10,12H2,1-6H3,(H,21,22);1,10-11,13-14H,6-9H2,2-4H3,(H,18,19);8-11H,4-7H2,1-3H3,(H,17,18)/t16-,17-;13-,14-;10-,11-/m000/s1. The van der Waals surface area contributed by atoms with E-state index >= 15 is 0 Å². The number of nitrogens with zero attached hydrogens (tertiary/aromatic N) is 6. The Balaban J connectivity index is 0.000000236. The maximum absolute atomic E-state index is 13.1. The van der Waals surface area contributed by atoms with Crippen molar-refractivity contribution in [3.63, 3.8) is 0 Å². The van der Waals surface area contributed by atoms with Crippen LogP contribution >= 0.6 is 22.6 Å². The highest BCUT2D eigenvalue weighted by Gasteiger charge is 2.40. The molecule has 0 aromatic carbocycles. The zero-order valence-corrected chi connectivity index (χ0v) is 47.4. The van der Waals surface area contributed by atoms with Crippen molar-refractivity contribution in [1.29, 1.82) is 0 Å². The zero-order valence-electron chi connectivity index (χ0n) is 44.2. The van der Waals surface area contributed by atoms with Gasteiger partial charge in [-0.05, 0) is 78.9 Å². The summed E-state index contributed by atoms with van der Waals surface area (Å²) < 4.78 is 15.2. The molecule has 6 heterocycles. The highest BCUT2D eigenvalue weighted by Crippen LogP contribution is 2.36. The number of hydrogen-bond acceptors (Lipinski definition) is 12. The van der Waals surface area contributed by atoms with Crippen LogP contribution in [0, 0.1) is 63.0 Å². The maximum Gasteiger partial charge on any atom is 0.306 e. The van der Waals surface area contributed by atoms with Gasteiger partial charge in [0, 0.05) is 19.6 Å². The zero-order chi connectivity index (χ0) is 53.4. The number of methoxy groups -OCH3 is 3. The van der Waals surface area contributed by atoms with Gasteiger partial charge in [0.15, 0.2) is 0 Å². The minimum absolute atomic E-state index is 0.00373. The number of aromatic nitrogens is 6. The van der Waals surface area contributed by atoms with Crippen LogP contribution in [0.15, 0.2) is 18.6 Å². The molecule has 3 amide bonds. The van der Waals surface area contributed by atoms with Crippen molar-refractivity contribution in [2.24, 2.45) is 35.5 Å². The highest BCUT2D eigenvalue weighted by atomic mass is 127.